The van der Waals surface area contributed by atoms with Crippen molar-refractivity contribution in [1.82, 2.24) is 10.3 Å². The summed E-state index contributed by atoms with van der Waals surface area (Å²) in [6, 6.07) is 5.97. The van der Waals surface area contributed by atoms with Gasteiger partial charge in [-0.25, -0.2) is 4.98 Å². The van der Waals surface area contributed by atoms with Crippen molar-refractivity contribution in [2.45, 2.75) is 32.1 Å². The van der Waals surface area contributed by atoms with E-state index in [4.69, 9.17) is 4.74 Å². The predicted molar refractivity (Wildman–Crippen MR) is 101 cm³/mol. The Kier molecular flexibility index (Phi) is 4.79. The molecule has 134 valence electrons. The normalized spacial score (nSPS) is 19.0. The van der Waals surface area contributed by atoms with Gasteiger partial charge in [0.05, 0.1) is 23.2 Å². The van der Waals surface area contributed by atoms with Crippen molar-refractivity contribution < 1.29 is 9.53 Å². The van der Waals surface area contributed by atoms with Gasteiger partial charge in [0.25, 0.3) is 0 Å². The minimum atomic E-state index is 0.102. The van der Waals surface area contributed by atoms with Crippen molar-refractivity contribution in [3.8, 4) is 5.75 Å². The number of methoxy groups -OCH3 is 1. The van der Waals surface area contributed by atoms with E-state index in [9.17, 15) is 4.79 Å². The van der Waals surface area contributed by atoms with E-state index >= 15 is 0 Å². The van der Waals surface area contributed by atoms with Crippen LogP contribution < -0.4 is 15.0 Å². The van der Waals surface area contributed by atoms with Crippen LogP contribution in [0.2, 0.25) is 0 Å². The van der Waals surface area contributed by atoms with E-state index in [0.29, 0.717) is 5.92 Å². The topological polar surface area (TPSA) is 54.5 Å². The van der Waals surface area contributed by atoms with E-state index in [1.54, 1.807) is 18.4 Å². The molecule has 0 atom stereocenters. The molecule has 5 nitrogen and oxygen atoms in total. The lowest BCUT2D eigenvalue weighted by Gasteiger charge is -2.38. The number of ether oxygens (including phenoxy) is 1. The number of fused-ring (bicyclic) bond motifs is 1. The van der Waals surface area contributed by atoms with Crippen molar-refractivity contribution in [3.63, 3.8) is 0 Å². The highest BCUT2D eigenvalue weighted by atomic mass is 32.1. The van der Waals surface area contributed by atoms with Crippen molar-refractivity contribution in [2.75, 3.05) is 31.6 Å². The average Bonchev–Trinajstić information content (AvgIpc) is 3.02. The van der Waals surface area contributed by atoms with Crippen LogP contribution in [0.4, 0.5) is 5.13 Å². The predicted octanol–water partition coefficient (Wildman–Crippen LogP) is 3.44. The van der Waals surface area contributed by atoms with E-state index in [2.05, 4.69) is 15.2 Å². The number of carbonyl (C=O) groups is 1. The molecule has 0 spiro atoms. The molecule has 2 heterocycles. The highest BCUT2D eigenvalue weighted by Crippen LogP contribution is 2.34. The minimum absolute atomic E-state index is 0.102. The molecule has 2 fully saturated rings. The molecular weight excluding hydrogens is 334 g/mol. The van der Waals surface area contributed by atoms with Crippen LogP contribution in [0.5, 0.6) is 5.75 Å². The molecule has 6 heteroatoms. The van der Waals surface area contributed by atoms with E-state index in [1.165, 1.54) is 32.1 Å². The molecule has 1 aliphatic carbocycles. The van der Waals surface area contributed by atoms with E-state index in [1.807, 2.05) is 18.2 Å². The third-order valence-electron chi connectivity index (χ3n) is 5.40. The first-order chi connectivity index (χ1) is 12.2. The molecule has 1 amide bonds. The van der Waals surface area contributed by atoms with Crippen LogP contribution in [0, 0.1) is 11.8 Å². The highest BCUT2D eigenvalue weighted by Gasteiger charge is 2.34. The summed E-state index contributed by atoms with van der Waals surface area (Å²) >= 11 is 1.68. The maximum Gasteiger partial charge on any atom is 0.226 e. The van der Waals surface area contributed by atoms with Gasteiger partial charge in [-0.15, -0.1) is 0 Å². The quantitative estimate of drug-likeness (QED) is 0.888. The van der Waals surface area contributed by atoms with Crippen LogP contribution in [0.1, 0.15) is 32.1 Å². The van der Waals surface area contributed by atoms with Gasteiger partial charge in [-0.05, 0) is 30.9 Å². The molecule has 0 unspecified atom stereocenters. The molecule has 1 saturated carbocycles. The number of benzene rings is 1. The van der Waals surface area contributed by atoms with Gasteiger partial charge in [-0.1, -0.05) is 30.6 Å². The van der Waals surface area contributed by atoms with Crippen LogP contribution in [-0.2, 0) is 4.79 Å². The fourth-order valence-electron chi connectivity index (χ4n) is 3.74. The first-order valence-electron chi connectivity index (χ1n) is 9.20. The summed E-state index contributed by atoms with van der Waals surface area (Å²) in [5, 5.41) is 4.17. The minimum Gasteiger partial charge on any atom is -0.497 e. The number of rotatable bonds is 5. The number of hydrogen-bond donors (Lipinski definition) is 1. The van der Waals surface area contributed by atoms with Gasteiger partial charge in [0.15, 0.2) is 5.13 Å². The van der Waals surface area contributed by atoms with Crippen molar-refractivity contribution in [3.05, 3.63) is 18.2 Å². The van der Waals surface area contributed by atoms with Gasteiger partial charge in [0.1, 0.15) is 5.75 Å². The van der Waals surface area contributed by atoms with E-state index in [-0.39, 0.29) is 11.8 Å². The number of anilines is 1. The molecule has 0 radical (unpaired) electrons. The molecule has 25 heavy (non-hydrogen) atoms. The van der Waals surface area contributed by atoms with Gasteiger partial charge < -0.3 is 15.0 Å². The fourth-order valence-corrected chi connectivity index (χ4v) is 4.70. The number of thiazole rings is 1. The number of amides is 1. The highest BCUT2D eigenvalue weighted by molar-refractivity contribution is 7.22. The molecule has 2 aromatic rings. The Balaban J connectivity index is 1.30. The second-order valence-corrected chi connectivity index (χ2v) is 8.19. The Bertz CT molecular complexity index is 748. The van der Waals surface area contributed by atoms with Gasteiger partial charge in [0, 0.05) is 25.7 Å². The van der Waals surface area contributed by atoms with Crippen LogP contribution in [0.25, 0.3) is 10.2 Å². The number of hydrogen-bond acceptors (Lipinski definition) is 5. The molecule has 0 bridgehead atoms. The molecule has 4 rings (SSSR count). The van der Waals surface area contributed by atoms with Crippen molar-refractivity contribution in [1.29, 1.82) is 0 Å². The number of carbonyl (C=O) groups excluding carboxylic acids is 1. The molecule has 1 aromatic carbocycles. The monoisotopic (exact) mass is 359 g/mol. The summed E-state index contributed by atoms with van der Waals surface area (Å²) < 4.78 is 6.41. The van der Waals surface area contributed by atoms with Gasteiger partial charge >= 0.3 is 0 Å². The Hall–Kier alpha value is -1.82. The van der Waals surface area contributed by atoms with Crippen LogP contribution >= 0.6 is 11.3 Å². The molecule has 1 aromatic heterocycles. The van der Waals surface area contributed by atoms with Crippen molar-refractivity contribution >= 4 is 32.6 Å². The second-order valence-electron chi connectivity index (χ2n) is 7.18. The van der Waals surface area contributed by atoms with Crippen LogP contribution in [-0.4, -0.2) is 37.6 Å². The Morgan fingerprint density at radius 3 is 2.88 bits per heavy atom. The van der Waals surface area contributed by atoms with Gasteiger partial charge in [0.2, 0.25) is 5.91 Å². The number of nitrogens with zero attached hydrogens (tertiary/aromatic N) is 2. The van der Waals surface area contributed by atoms with Gasteiger partial charge in [-0.3, -0.25) is 4.79 Å². The Morgan fingerprint density at radius 1 is 1.32 bits per heavy atom. The molecule has 2 aliphatic rings. The summed E-state index contributed by atoms with van der Waals surface area (Å²) in [6.45, 7) is 2.40. The Labute approximate surface area is 152 Å². The van der Waals surface area contributed by atoms with Gasteiger partial charge in [-0.2, -0.15) is 0 Å². The first-order valence-corrected chi connectivity index (χ1v) is 10.0. The summed E-state index contributed by atoms with van der Waals surface area (Å²) in [5.41, 5.74) is 0.963. The zero-order valence-electron chi connectivity index (χ0n) is 14.7. The first kappa shape index (κ1) is 16.6. The Morgan fingerprint density at radius 2 is 2.12 bits per heavy atom. The maximum absolute atomic E-state index is 12.3. The lowest BCUT2D eigenvalue weighted by molar-refractivity contribution is -0.125. The van der Waals surface area contributed by atoms with E-state index in [0.717, 1.165) is 40.7 Å². The van der Waals surface area contributed by atoms with Crippen LogP contribution in [0.15, 0.2) is 18.2 Å². The zero-order chi connectivity index (χ0) is 17.2. The van der Waals surface area contributed by atoms with Crippen molar-refractivity contribution in [2.24, 2.45) is 11.8 Å². The standard InChI is InChI=1S/C19H25N3O2S/c1-24-15-7-8-17-16(9-15)21-19(25-17)22-11-14(12-22)18(23)20-10-13-5-3-2-4-6-13/h7-9,13-14H,2-6,10-12H2,1H3,(H,20,23). The summed E-state index contributed by atoms with van der Waals surface area (Å²) in [4.78, 5) is 19.2. The largest absolute Gasteiger partial charge is 0.497 e. The summed E-state index contributed by atoms with van der Waals surface area (Å²) in [6.07, 6.45) is 6.54. The number of aromatic nitrogens is 1. The SMILES string of the molecule is COc1ccc2sc(N3CC(C(=O)NCC4CCCCC4)C3)nc2c1. The third kappa shape index (κ3) is 3.59. The summed E-state index contributed by atoms with van der Waals surface area (Å²) in [5.74, 6) is 1.83. The zero-order valence-corrected chi connectivity index (χ0v) is 15.5. The van der Waals surface area contributed by atoms with Crippen LogP contribution in [0.3, 0.4) is 0 Å². The molecule has 1 saturated heterocycles. The summed E-state index contributed by atoms with van der Waals surface area (Å²) in [7, 11) is 1.67. The molecule has 1 aliphatic heterocycles. The fraction of sp³-hybridized carbons (Fsp3) is 0.579. The smallest absolute Gasteiger partial charge is 0.226 e. The van der Waals surface area contributed by atoms with E-state index < -0.39 is 0 Å². The third-order valence-corrected chi connectivity index (χ3v) is 6.49. The second kappa shape index (κ2) is 7.20. The lowest BCUT2D eigenvalue weighted by Crippen LogP contribution is -2.54. The lowest BCUT2D eigenvalue weighted by atomic mass is 9.89. The molecular formula is C19H25N3O2S. The average molecular weight is 359 g/mol. The number of nitrogens with one attached hydrogen (secondary N) is 1. The maximum atomic E-state index is 12.3. The molecule has 1 N–H and O–H groups in total.